The van der Waals surface area contributed by atoms with Gasteiger partial charge in [0.2, 0.25) is 0 Å². The third kappa shape index (κ3) is 2.57. The fourth-order valence-corrected chi connectivity index (χ4v) is 3.60. The number of hydrogen-bond acceptors (Lipinski definition) is 2. The molecular formula is C20H25NO. The molecule has 116 valence electrons. The van der Waals surface area contributed by atoms with Gasteiger partial charge < -0.3 is 5.11 Å². The van der Waals surface area contributed by atoms with Crippen molar-refractivity contribution in [2.45, 2.75) is 38.3 Å². The molecule has 2 nitrogen and oxygen atoms in total. The first kappa shape index (κ1) is 15.3. The van der Waals surface area contributed by atoms with Gasteiger partial charge in [-0.3, -0.25) is 4.90 Å². The largest absolute Gasteiger partial charge is 0.379 e. The maximum atomic E-state index is 11.8. The first-order valence-corrected chi connectivity index (χ1v) is 8.08. The zero-order valence-corrected chi connectivity index (χ0v) is 13.7. The van der Waals surface area contributed by atoms with Crippen molar-refractivity contribution < 1.29 is 5.11 Å². The van der Waals surface area contributed by atoms with Crippen LogP contribution in [0.25, 0.3) is 0 Å². The van der Waals surface area contributed by atoms with E-state index in [1.165, 1.54) is 11.1 Å². The Morgan fingerprint density at radius 1 is 0.909 bits per heavy atom. The molecule has 1 atom stereocenters. The van der Waals surface area contributed by atoms with Crippen molar-refractivity contribution in [1.82, 2.24) is 4.90 Å². The van der Waals surface area contributed by atoms with Crippen molar-refractivity contribution in [3.8, 4) is 0 Å². The summed E-state index contributed by atoms with van der Waals surface area (Å²) in [6.07, 6.45) is 2.16. The molecular weight excluding hydrogens is 270 g/mol. The molecule has 22 heavy (non-hydrogen) atoms. The fraction of sp³-hybridized carbons (Fsp3) is 0.400. The number of likely N-dealkylation sites (N-methyl/N-ethyl adjacent to an activating group) is 1. The standard InChI is InChI=1S/C20H25NO/c1-15-6-10-17(11-7-15)20(22,19-5-4-14-21(19)3)18-12-8-16(2)9-13-18/h6-13,19,22H,4-5,14H2,1-3H3/t19-/m0/s1. The fourth-order valence-electron chi connectivity index (χ4n) is 3.60. The van der Waals surface area contributed by atoms with Gasteiger partial charge in [-0.2, -0.15) is 0 Å². The number of benzene rings is 2. The summed E-state index contributed by atoms with van der Waals surface area (Å²) in [5.41, 5.74) is 3.46. The van der Waals surface area contributed by atoms with E-state index in [9.17, 15) is 5.11 Å². The molecule has 0 radical (unpaired) electrons. The normalized spacial score (nSPS) is 19.5. The van der Waals surface area contributed by atoms with Crippen LogP contribution in [-0.4, -0.2) is 29.6 Å². The molecule has 0 unspecified atom stereocenters. The molecule has 0 spiro atoms. The lowest BCUT2D eigenvalue weighted by atomic mass is 9.78. The van der Waals surface area contributed by atoms with E-state index in [1.807, 2.05) is 0 Å². The minimum absolute atomic E-state index is 0.123. The molecule has 2 aromatic rings. The maximum absolute atomic E-state index is 11.8. The van der Waals surface area contributed by atoms with E-state index in [1.54, 1.807) is 0 Å². The third-order valence-corrected chi connectivity index (χ3v) is 4.99. The Labute approximate surface area is 133 Å². The van der Waals surface area contributed by atoms with Crippen molar-refractivity contribution >= 4 is 0 Å². The van der Waals surface area contributed by atoms with Crippen LogP contribution in [0.1, 0.15) is 35.1 Å². The number of aryl methyl sites for hydroxylation is 2. The molecule has 2 heteroatoms. The highest BCUT2D eigenvalue weighted by Crippen LogP contribution is 2.39. The van der Waals surface area contributed by atoms with Crippen LogP contribution < -0.4 is 0 Å². The lowest BCUT2D eigenvalue weighted by Gasteiger charge is -2.39. The van der Waals surface area contributed by atoms with Crippen LogP contribution in [0, 0.1) is 13.8 Å². The van der Waals surface area contributed by atoms with Gasteiger partial charge >= 0.3 is 0 Å². The van der Waals surface area contributed by atoms with Crippen LogP contribution in [-0.2, 0) is 5.60 Å². The highest BCUT2D eigenvalue weighted by atomic mass is 16.3. The van der Waals surface area contributed by atoms with Crippen molar-refractivity contribution in [2.24, 2.45) is 0 Å². The highest BCUT2D eigenvalue weighted by Gasteiger charge is 2.44. The lowest BCUT2D eigenvalue weighted by molar-refractivity contribution is 0.00468. The summed E-state index contributed by atoms with van der Waals surface area (Å²) < 4.78 is 0. The Morgan fingerprint density at radius 3 is 1.73 bits per heavy atom. The minimum Gasteiger partial charge on any atom is -0.379 e. The van der Waals surface area contributed by atoms with Crippen LogP contribution in [0.4, 0.5) is 0 Å². The Hall–Kier alpha value is -1.64. The Kier molecular flexibility index (Phi) is 4.07. The van der Waals surface area contributed by atoms with Crippen molar-refractivity contribution in [3.63, 3.8) is 0 Å². The van der Waals surface area contributed by atoms with Gasteiger partial charge in [0.05, 0.1) is 0 Å². The van der Waals surface area contributed by atoms with E-state index in [-0.39, 0.29) is 6.04 Å². The van der Waals surface area contributed by atoms with E-state index in [4.69, 9.17) is 0 Å². The molecule has 2 aromatic carbocycles. The first-order valence-electron chi connectivity index (χ1n) is 8.08. The van der Waals surface area contributed by atoms with E-state index < -0.39 is 5.60 Å². The molecule has 0 aromatic heterocycles. The predicted octanol–water partition coefficient (Wildman–Crippen LogP) is 3.63. The predicted molar refractivity (Wildman–Crippen MR) is 91.0 cm³/mol. The second-order valence-corrected chi connectivity index (χ2v) is 6.64. The molecule has 1 saturated heterocycles. The molecule has 0 amide bonds. The summed E-state index contributed by atoms with van der Waals surface area (Å²) in [7, 11) is 2.12. The molecule has 0 aliphatic carbocycles. The molecule has 0 saturated carbocycles. The van der Waals surface area contributed by atoms with E-state index in [0.717, 1.165) is 30.5 Å². The van der Waals surface area contributed by atoms with Gasteiger partial charge in [0, 0.05) is 6.04 Å². The summed E-state index contributed by atoms with van der Waals surface area (Å²) in [5, 5.41) is 11.8. The minimum atomic E-state index is -0.952. The molecule has 3 rings (SSSR count). The Morgan fingerprint density at radius 2 is 1.36 bits per heavy atom. The second-order valence-electron chi connectivity index (χ2n) is 6.64. The van der Waals surface area contributed by atoms with Crippen LogP contribution in [0.3, 0.4) is 0 Å². The summed E-state index contributed by atoms with van der Waals surface area (Å²) in [5.74, 6) is 0. The zero-order chi connectivity index (χ0) is 15.7. The van der Waals surface area contributed by atoms with Gasteiger partial charge in [0.25, 0.3) is 0 Å². The Bertz CT molecular complexity index is 584. The van der Waals surface area contributed by atoms with Crippen molar-refractivity contribution in [1.29, 1.82) is 0 Å². The molecule has 1 N–H and O–H groups in total. The number of hydrogen-bond donors (Lipinski definition) is 1. The van der Waals surface area contributed by atoms with Gasteiger partial charge in [-0.1, -0.05) is 59.7 Å². The molecule has 1 aliphatic rings. The van der Waals surface area contributed by atoms with Gasteiger partial charge in [-0.25, -0.2) is 0 Å². The highest BCUT2D eigenvalue weighted by molar-refractivity contribution is 5.40. The monoisotopic (exact) mass is 295 g/mol. The lowest BCUT2D eigenvalue weighted by Crippen LogP contribution is -2.46. The van der Waals surface area contributed by atoms with Crippen molar-refractivity contribution in [3.05, 3.63) is 70.8 Å². The Balaban J connectivity index is 2.12. The summed E-state index contributed by atoms with van der Waals surface area (Å²) in [6, 6.07) is 16.8. The number of rotatable bonds is 3. The van der Waals surface area contributed by atoms with Gasteiger partial charge in [-0.15, -0.1) is 0 Å². The topological polar surface area (TPSA) is 23.5 Å². The van der Waals surface area contributed by atoms with Gasteiger partial charge in [0.15, 0.2) is 0 Å². The van der Waals surface area contributed by atoms with E-state index in [0.29, 0.717) is 0 Å². The zero-order valence-electron chi connectivity index (χ0n) is 13.7. The molecule has 1 aliphatic heterocycles. The summed E-state index contributed by atoms with van der Waals surface area (Å²) in [6.45, 7) is 5.21. The first-order chi connectivity index (χ1) is 10.5. The summed E-state index contributed by atoms with van der Waals surface area (Å²) >= 11 is 0. The third-order valence-electron chi connectivity index (χ3n) is 4.99. The average molecular weight is 295 g/mol. The van der Waals surface area contributed by atoms with Crippen LogP contribution in [0.5, 0.6) is 0 Å². The van der Waals surface area contributed by atoms with E-state index >= 15 is 0 Å². The molecule has 1 heterocycles. The van der Waals surface area contributed by atoms with Gasteiger partial charge in [-0.05, 0) is 51.4 Å². The number of aliphatic hydroxyl groups is 1. The van der Waals surface area contributed by atoms with E-state index in [2.05, 4.69) is 74.3 Å². The SMILES string of the molecule is Cc1ccc(C(O)(c2ccc(C)cc2)[C@@H]2CCCN2C)cc1. The second kappa shape index (κ2) is 5.86. The quantitative estimate of drug-likeness (QED) is 0.934. The number of nitrogens with zero attached hydrogens (tertiary/aromatic N) is 1. The van der Waals surface area contributed by atoms with Crippen LogP contribution >= 0.6 is 0 Å². The van der Waals surface area contributed by atoms with Crippen molar-refractivity contribution in [2.75, 3.05) is 13.6 Å². The van der Waals surface area contributed by atoms with Crippen LogP contribution in [0.15, 0.2) is 48.5 Å². The number of likely N-dealkylation sites (tertiary alicyclic amines) is 1. The van der Waals surface area contributed by atoms with Gasteiger partial charge in [0.1, 0.15) is 5.60 Å². The molecule has 0 bridgehead atoms. The average Bonchev–Trinajstić information content (AvgIpc) is 2.94. The maximum Gasteiger partial charge on any atom is 0.130 e. The molecule has 1 fully saturated rings. The summed E-state index contributed by atoms with van der Waals surface area (Å²) in [4.78, 5) is 2.29. The smallest absolute Gasteiger partial charge is 0.130 e. The van der Waals surface area contributed by atoms with Crippen LogP contribution in [0.2, 0.25) is 0 Å².